The molecule has 0 aliphatic carbocycles. The SMILES string of the molecule is CCOC(=O)c1cnc2cc(F)c(Cl)cc2c1.OCc1cnc2cc(F)c(Cl)cc2c1. The number of carbonyl (C=O) groups is 1. The van der Waals surface area contributed by atoms with Gasteiger partial charge in [-0.3, -0.25) is 9.97 Å². The minimum Gasteiger partial charge on any atom is -0.462 e. The molecule has 0 saturated carbocycles. The fourth-order valence-corrected chi connectivity index (χ4v) is 3.05. The smallest absolute Gasteiger partial charge is 0.339 e. The molecular weight excluding hydrogens is 449 g/mol. The van der Waals surface area contributed by atoms with Gasteiger partial charge in [0.2, 0.25) is 0 Å². The molecule has 2 aromatic heterocycles. The lowest BCUT2D eigenvalue weighted by molar-refractivity contribution is 0.0526. The third-order valence-electron chi connectivity index (χ3n) is 4.20. The topological polar surface area (TPSA) is 72.3 Å². The van der Waals surface area contributed by atoms with Gasteiger partial charge in [0.25, 0.3) is 0 Å². The Morgan fingerprint density at radius 2 is 1.48 bits per heavy atom. The van der Waals surface area contributed by atoms with Crippen LogP contribution in [0.2, 0.25) is 10.0 Å². The van der Waals surface area contributed by atoms with E-state index in [1.54, 1.807) is 19.1 Å². The van der Waals surface area contributed by atoms with Gasteiger partial charge in [-0.25, -0.2) is 13.6 Å². The molecule has 2 aromatic carbocycles. The first-order chi connectivity index (χ1) is 14.8. The Morgan fingerprint density at radius 3 is 2.03 bits per heavy atom. The zero-order chi connectivity index (χ0) is 22.5. The molecule has 0 saturated heterocycles. The van der Waals surface area contributed by atoms with Gasteiger partial charge in [-0.1, -0.05) is 23.2 Å². The van der Waals surface area contributed by atoms with Crippen molar-refractivity contribution in [2.24, 2.45) is 0 Å². The van der Waals surface area contributed by atoms with Gasteiger partial charge in [-0.2, -0.15) is 0 Å². The number of halogens is 4. The number of hydrogen-bond acceptors (Lipinski definition) is 5. The highest BCUT2D eigenvalue weighted by molar-refractivity contribution is 6.31. The van der Waals surface area contributed by atoms with E-state index in [9.17, 15) is 13.6 Å². The van der Waals surface area contributed by atoms with Crippen molar-refractivity contribution < 1.29 is 23.4 Å². The number of aliphatic hydroxyl groups is 1. The summed E-state index contributed by atoms with van der Waals surface area (Å²) in [5, 5.41) is 10.3. The minimum absolute atomic E-state index is 0.000286. The largest absolute Gasteiger partial charge is 0.462 e. The van der Waals surface area contributed by atoms with Crippen LogP contribution in [0, 0.1) is 11.6 Å². The zero-order valence-corrected chi connectivity index (χ0v) is 17.7. The summed E-state index contributed by atoms with van der Waals surface area (Å²) < 4.78 is 31.0. The predicted octanol–water partition coefficient (Wildman–Crippen LogP) is 5.72. The highest BCUT2D eigenvalue weighted by Gasteiger charge is 2.10. The summed E-state index contributed by atoms with van der Waals surface area (Å²) in [7, 11) is 0. The Bertz CT molecular complexity index is 1270. The number of aromatic nitrogens is 2. The average Bonchev–Trinajstić information content (AvgIpc) is 2.75. The lowest BCUT2D eigenvalue weighted by Crippen LogP contribution is -2.05. The van der Waals surface area contributed by atoms with E-state index in [2.05, 4.69) is 9.97 Å². The first-order valence-corrected chi connectivity index (χ1v) is 9.84. The molecule has 0 atom stereocenters. The van der Waals surface area contributed by atoms with E-state index in [4.69, 9.17) is 33.0 Å². The maximum absolute atomic E-state index is 13.2. The van der Waals surface area contributed by atoms with Crippen LogP contribution in [0.4, 0.5) is 8.78 Å². The standard InChI is InChI=1S/C12H9ClFNO2.C10H7ClFNO/c1-2-17-12(16)8-3-7-4-9(13)10(14)5-11(7)15-6-8;11-8-2-7-1-6(5-14)4-13-10(7)3-9(8)12/h3-6H,2H2,1H3;1-4,14H,5H2. The first kappa shape index (κ1) is 22.8. The molecule has 0 fully saturated rings. The van der Waals surface area contributed by atoms with Crippen molar-refractivity contribution in [1.29, 1.82) is 0 Å². The van der Waals surface area contributed by atoms with Crippen LogP contribution in [0.15, 0.2) is 48.8 Å². The fourth-order valence-electron chi connectivity index (χ4n) is 2.70. The molecule has 4 rings (SSSR count). The van der Waals surface area contributed by atoms with Crippen LogP contribution in [-0.4, -0.2) is 27.7 Å². The second kappa shape index (κ2) is 9.96. The third-order valence-corrected chi connectivity index (χ3v) is 4.78. The van der Waals surface area contributed by atoms with Gasteiger partial charge in [0.05, 0.1) is 39.9 Å². The highest BCUT2D eigenvalue weighted by atomic mass is 35.5. The Morgan fingerprint density at radius 1 is 0.935 bits per heavy atom. The predicted molar refractivity (Wildman–Crippen MR) is 115 cm³/mol. The number of hydrogen-bond donors (Lipinski definition) is 1. The number of nitrogens with zero attached hydrogens (tertiary/aromatic N) is 2. The number of carbonyl (C=O) groups excluding carboxylic acids is 1. The second-order valence-electron chi connectivity index (χ2n) is 6.36. The van der Waals surface area contributed by atoms with E-state index in [-0.39, 0.29) is 16.7 Å². The van der Waals surface area contributed by atoms with Crippen LogP contribution in [0.1, 0.15) is 22.8 Å². The number of fused-ring (bicyclic) bond motifs is 2. The Balaban J connectivity index is 0.000000179. The zero-order valence-electron chi connectivity index (χ0n) is 16.2. The van der Waals surface area contributed by atoms with Gasteiger partial charge in [-0.15, -0.1) is 0 Å². The van der Waals surface area contributed by atoms with Gasteiger partial charge >= 0.3 is 5.97 Å². The molecule has 1 N–H and O–H groups in total. The number of pyridine rings is 2. The molecule has 0 bridgehead atoms. The van der Waals surface area contributed by atoms with Crippen molar-refractivity contribution in [1.82, 2.24) is 9.97 Å². The van der Waals surface area contributed by atoms with Crippen LogP contribution in [0.3, 0.4) is 0 Å². The lowest BCUT2D eigenvalue weighted by atomic mass is 10.1. The summed E-state index contributed by atoms with van der Waals surface area (Å²) >= 11 is 11.3. The van der Waals surface area contributed by atoms with Crippen molar-refractivity contribution in [3.63, 3.8) is 0 Å². The van der Waals surface area contributed by atoms with Crippen LogP contribution >= 0.6 is 23.2 Å². The van der Waals surface area contributed by atoms with Crippen molar-refractivity contribution >= 4 is 51.0 Å². The molecule has 0 aliphatic heterocycles. The number of aliphatic hydroxyl groups excluding tert-OH is 1. The molecule has 160 valence electrons. The number of ether oxygens (including phenoxy) is 1. The summed E-state index contributed by atoms with van der Waals surface area (Å²) in [4.78, 5) is 19.5. The summed E-state index contributed by atoms with van der Waals surface area (Å²) in [6, 6.07) is 8.74. The maximum Gasteiger partial charge on any atom is 0.339 e. The van der Waals surface area contributed by atoms with Crippen molar-refractivity contribution in [2.75, 3.05) is 6.61 Å². The Labute approximate surface area is 186 Å². The van der Waals surface area contributed by atoms with Gasteiger partial charge in [0.15, 0.2) is 0 Å². The molecule has 0 aliphatic rings. The van der Waals surface area contributed by atoms with Crippen LogP contribution in [0.25, 0.3) is 21.8 Å². The second-order valence-corrected chi connectivity index (χ2v) is 7.18. The van der Waals surface area contributed by atoms with E-state index in [1.165, 1.54) is 36.7 Å². The molecular formula is C22H16Cl2F2N2O3. The van der Waals surface area contributed by atoms with E-state index in [1.807, 2.05) is 0 Å². The first-order valence-electron chi connectivity index (χ1n) is 9.08. The molecule has 0 amide bonds. The van der Waals surface area contributed by atoms with E-state index >= 15 is 0 Å². The Kier molecular flexibility index (Phi) is 7.33. The van der Waals surface area contributed by atoms with Crippen LogP contribution < -0.4 is 0 Å². The third kappa shape index (κ3) is 5.44. The molecule has 0 unspecified atom stereocenters. The number of esters is 1. The van der Waals surface area contributed by atoms with Crippen molar-refractivity contribution in [3.8, 4) is 0 Å². The van der Waals surface area contributed by atoms with Gasteiger partial charge in [0.1, 0.15) is 11.6 Å². The highest BCUT2D eigenvalue weighted by Crippen LogP contribution is 2.23. The quantitative estimate of drug-likeness (QED) is 0.392. The van der Waals surface area contributed by atoms with Crippen LogP contribution in [-0.2, 0) is 11.3 Å². The van der Waals surface area contributed by atoms with E-state index in [0.29, 0.717) is 34.2 Å². The lowest BCUT2D eigenvalue weighted by Gasteiger charge is -2.03. The Hall–Kier alpha value is -2.87. The monoisotopic (exact) mass is 464 g/mol. The van der Waals surface area contributed by atoms with E-state index < -0.39 is 17.6 Å². The molecule has 2 heterocycles. The van der Waals surface area contributed by atoms with Gasteiger partial charge < -0.3 is 9.84 Å². The number of benzene rings is 2. The molecule has 0 spiro atoms. The van der Waals surface area contributed by atoms with Crippen LogP contribution in [0.5, 0.6) is 0 Å². The minimum atomic E-state index is -0.532. The normalized spacial score (nSPS) is 10.6. The van der Waals surface area contributed by atoms with Gasteiger partial charge in [-0.05, 0) is 36.8 Å². The van der Waals surface area contributed by atoms with Crippen molar-refractivity contribution in [3.05, 3.63) is 81.6 Å². The molecule has 9 heteroatoms. The molecule has 31 heavy (non-hydrogen) atoms. The summed E-state index contributed by atoms with van der Waals surface area (Å²) in [5.74, 6) is -1.47. The molecule has 4 aromatic rings. The summed E-state index contributed by atoms with van der Waals surface area (Å²) in [6.45, 7) is 1.93. The summed E-state index contributed by atoms with van der Waals surface area (Å²) in [5.41, 5.74) is 1.98. The van der Waals surface area contributed by atoms with Gasteiger partial charge in [0, 0.05) is 35.3 Å². The fraction of sp³-hybridized carbons (Fsp3) is 0.136. The number of rotatable bonds is 3. The molecule has 0 radical (unpaired) electrons. The summed E-state index contributed by atoms with van der Waals surface area (Å²) in [6.07, 6.45) is 2.86. The average molecular weight is 465 g/mol. The van der Waals surface area contributed by atoms with Crippen molar-refractivity contribution in [2.45, 2.75) is 13.5 Å². The molecule has 5 nitrogen and oxygen atoms in total. The van der Waals surface area contributed by atoms with E-state index in [0.717, 1.165) is 5.39 Å². The maximum atomic E-state index is 13.2.